The first-order valence-electron chi connectivity index (χ1n) is 5.86. The Morgan fingerprint density at radius 3 is 2.24 bits per heavy atom. The fraction of sp³-hybridized carbons (Fsp3) is 0.429. The molecule has 0 amide bonds. The van der Waals surface area contributed by atoms with Gasteiger partial charge in [0.25, 0.3) is 0 Å². The molecular weight excluding hydrogens is 216 g/mol. The molecule has 1 aromatic rings. The molecule has 0 fully saturated rings. The lowest BCUT2D eigenvalue weighted by atomic mass is 9.95. The summed E-state index contributed by atoms with van der Waals surface area (Å²) >= 11 is 0. The second-order valence-corrected chi connectivity index (χ2v) is 4.18. The SMILES string of the molecule is CCC(C(=O)OC(C)C)C(=O)c1ccccc1. The highest BCUT2D eigenvalue weighted by Crippen LogP contribution is 2.15. The average molecular weight is 234 g/mol. The van der Waals surface area contributed by atoms with Crippen molar-refractivity contribution in [2.45, 2.75) is 33.3 Å². The summed E-state index contributed by atoms with van der Waals surface area (Å²) < 4.78 is 5.09. The molecule has 0 bridgehead atoms. The lowest BCUT2D eigenvalue weighted by Gasteiger charge is -2.15. The molecule has 1 aromatic carbocycles. The molecule has 0 aromatic heterocycles. The van der Waals surface area contributed by atoms with E-state index < -0.39 is 11.9 Å². The zero-order valence-electron chi connectivity index (χ0n) is 10.5. The summed E-state index contributed by atoms with van der Waals surface area (Å²) in [4.78, 5) is 23.9. The Morgan fingerprint density at radius 1 is 1.18 bits per heavy atom. The summed E-state index contributed by atoms with van der Waals surface area (Å²) in [6.45, 7) is 5.36. The van der Waals surface area contributed by atoms with Gasteiger partial charge in [-0.05, 0) is 20.3 Å². The van der Waals surface area contributed by atoms with E-state index in [1.54, 1.807) is 38.1 Å². The lowest BCUT2D eigenvalue weighted by Crippen LogP contribution is -2.27. The van der Waals surface area contributed by atoms with Crippen LogP contribution in [0.5, 0.6) is 0 Å². The predicted molar refractivity (Wildman–Crippen MR) is 65.8 cm³/mol. The van der Waals surface area contributed by atoms with Crippen LogP contribution < -0.4 is 0 Å². The predicted octanol–water partition coefficient (Wildman–Crippen LogP) is 2.85. The number of Topliss-reactive ketones (excluding diaryl/α,β-unsaturated/α-hetero) is 1. The Labute approximate surface area is 102 Å². The summed E-state index contributed by atoms with van der Waals surface area (Å²) in [5, 5.41) is 0. The maximum absolute atomic E-state index is 12.1. The molecule has 0 aliphatic carbocycles. The summed E-state index contributed by atoms with van der Waals surface area (Å²) in [5.41, 5.74) is 0.556. The Balaban J connectivity index is 2.81. The molecule has 0 heterocycles. The minimum Gasteiger partial charge on any atom is -0.462 e. The van der Waals surface area contributed by atoms with Gasteiger partial charge in [0.05, 0.1) is 6.10 Å². The summed E-state index contributed by atoms with van der Waals surface area (Å²) in [6.07, 6.45) is 0.263. The van der Waals surface area contributed by atoms with Crippen molar-refractivity contribution in [3.8, 4) is 0 Å². The number of rotatable bonds is 5. The van der Waals surface area contributed by atoms with E-state index >= 15 is 0 Å². The standard InChI is InChI=1S/C14H18O3/c1-4-12(14(16)17-10(2)3)13(15)11-8-6-5-7-9-11/h5-10,12H,4H2,1-3H3. The van der Waals surface area contributed by atoms with Gasteiger partial charge in [-0.3, -0.25) is 9.59 Å². The zero-order valence-corrected chi connectivity index (χ0v) is 10.5. The fourth-order valence-corrected chi connectivity index (χ4v) is 1.58. The quantitative estimate of drug-likeness (QED) is 0.447. The van der Waals surface area contributed by atoms with Gasteiger partial charge >= 0.3 is 5.97 Å². The van der Waals surface area contributed by atoms with Crippen molar-refractivity contribution in [3.05, 3.63) is 35.9 Å². The third-order valence-electron chi connectivity index (χ3n) is 2.42. The van der Waals surface area contributed by atoms with E-state index in [4.69, 9.17) is 4.74 Å². The molecule has 0 aliphatic heterocycles. The van der Waals surface area contributed by atoms with E-state index in [0.29, 0.717) is 12.0 Å². The van der Waals surface area contributed by atoms with E-state index in [0.717, 1.165) is 0 Å². The third kappa shape index (κ3) is 3.70. The van der Waals surface area contributed by atoms with Crippen LogP contribution in [0.15, 0.2) is 30.3 Å². The zero-order chi connectivity index (χ0) is 12.8. The van der Waals surface area contributed by atoms with Crippen LogP contribution >= 0.6 is 0 Å². The van der Waals surface area contributed by atoms with E-state index in [1.165, 1.54) is 0 Å². The summed E-state index contributed by atoms with van der Waals surface area (Å²) in [5.74, 6) is -1.30. The molecule has 0 saturated heterocycles. The highest BCUT2D eigenvalue weighted by Gasteiger charge is 2.27. The van der Waals surface area contributed by atoms with Gasteiger partial charge in [0.15, 0.2) is 5.78 Å². The van der Waals surface area contributed by atoms with E-state index in [9.17, 15) is 9.59 Å². The van der Waals surface area contributed by atoms with Gasteiger partial charge in [-0.15, -0.1) is 0 Å². The number of hydrogen-bond acceptors (Lipinski definition) is 3. The first-order chi connectivity index (χ1) is 8.06. The molecule has 0 aliphatic rings. The van der Waals surface area contributed by atoms with Crippen molar-refractivity contribution in [2.75, 3.05) is 0 Å². The van der Waals surface area contributed by atoms with Gasteiger partial charge in [0.1, 0.15) is 5.92 Å². The molecule has 3 nitrogen and oxygen atoms in total. The molecule has 17 heavy (non-hydrogen) atoms. The van der Waals surface area contributed by atoms with Crippen LogP contribution in [-0.2, 0) is 9.53 Å². The van der Waals surface area contributed by atoms with Crippen molar-refractivity contribution in [1.29, 1.82) is 0 Å². The smallest absolute Gasteiger partial charge is 0.317 e. The molecule has 0 N–H and O–H groups in total. The maximum Gasteiger partial charge on any atom is 0.317 e. The molecular formula is C14H18O3. The van der Waals surface area contributed by atoms with Gasteiger partial charge in [0.2, 0.25) is 0 Å². The monoisotopic (exact) mass is 234 g/mol. The summed E-state index contributed by atoms with van der Waals surface area (Å²) in [6, 6.07) is 8.84. The number of esters is 1. The van der Waals surface area contributed by atoms with E-state index in [2.05, 4.69) is 0 Å². The van der Waals surface area contributed by atoms with Gasteiger partial charge < -0.3 is 4.74 Å². The van der Waals surface area contributed by atoms with Crippen LogP contribution in [0.3, 0.4) is 0 Å². The average Bonchev–Trinajstić information content (AvgIpc) is 2.30. The molecule has 92 valence electrons. The molecule has 1 unspecified atom stereocenters. The number of carbonyl (C=O) groups is 2. The topological polar surface area (TPSA) is 43.4 Å². The van der Waals surface area contributed by atoms with Crippen molar-refractivity contribution >= 4 is 11.8 Å². The second-order valence-electron chi connectivity index (χ2n) is 4.18. The molecule has 1 atom stereocenters. The van der Waals surface area contributed by atoms with Crippen LogP contribution in [0.2, 0.25) is 0 Å². The van der Waals surface area contributed by atoms with Crippen LogP contribution in [0.25, 0.3) is 0 Å². The highest BCUT2D eigenvalue weighted by atomic mass is 16.5. The first kappa shape index (κ1) is 13.4. The normalized spacial score (nSPS) is 12.2. The van der Waals surface area contributed by atoms with Crippen LogP contribution in [0, 0.1) is 5.92 Å². The van der Waals surface area contributed by atoms with Crippen molar-refractivity contribution < 1.29 is 14.3 Å². The summed E-state index contributed by atoms with van der Waals surface area (Å²) in [7, 11) is 0. The number of ether oxygens (including phenoxy) is 1. The highest BCUT2D eigenvalue weighted by molar-refractivity contribution is 6.08. The van der Waals surface area contributed by atoms with Crippen molar-refractivity contribution in [3.63, 3.8) is 0 Å². The molecule has 0 radical (unpaired) electrons. The second kappa shape index (κ2) is 6.18. The van der Waals surface area contributed by atoms with Gasteiger partial charge in [-0.1, -0.05) is 37.3 Å². The van der Waals surface area contributed by atoms with Gasteiger partial charge in [-0.25, -0.2) is 0 Å². The Bertz CT molecular complexity index is 382. The van der Waals surface area contributed by atoms with Crippen LogP contribution in [0.4, 0.5) is 0 Å². The first-order valence-corrected chi connectivity index (χ1v) is 5.86. The number of carbonyl (C=O) groups excluding carboxylic acids is 2. The maximum atomic E-state index is 12.1. The molecule has 1 rings (SSSR count). The number of benzene rings is 1. The largest absolute Gasteiger partial charge is 0.462 e. The Kier molecular flexibility index (Phi) is 4.88. The third-order valence-corrected chi connectivity index (χ3v) is 2.42. The molecule has 0 spiro atoms. The minimum atomic E-state index is -0.695. The van der Waals surface area contributed by atoms with E-state index in [1.807, 2.05) is 13.0 Å². The van der Waals surface area contributed by atoms with Crippen molar-refractivity contribution in [1.82, 2.24) is 0 Å². The van der Waals surface area contributed by atoms with E-state index in [-0.39, 0.29) is 11.9 Å². The lowest BCUT2D eigenvalue weighted by molar-refractivity contribution is -0.150. The Morgan fingerprint density at radius 2 is 1.76 bits per heavy atom. The Hall–Kier alpha value is -1.64. The van der Waals surface area contributed by atoms with Gasteiger partial charge in [-0.2, -0.15) is 0 Å². The molecule has 0 saturated carbocycles. The number of ketones is 1. The van der Waals surface area contributed by atoms with Gasteiger partial charge in [0, 0.05) is 5.56 Å². The molecule has 3 heteroatoms. The van der Waals surface area contributed by atoms with Crippen LogP contribution in [-0.4, -0.2) is 17.9 Å². The fourth-order valence-electron chi connectivity index (χ4n) is 1.58. The number of hydrogen-bond donors (Lipinski definition) is 0. The van der Waals surface area contributed by atoms with Crippen molar-refractivity contribution in [2.24, 2.45) is 5.92 Å². The van der Waals surface area contributed by atoms with Crippen LogP contribution in [0.1, 0.15) is 37.6 Å². The minimum absolute atomic E-state index is 0.168.